The Balaban J connectivity index is 0.900. The van der Waals surface area contributed by atoms with Crippen LogP contribution in [0.4, 0.5) is 0 Å². The van der Waals surface area contributed by atoms with E-state index in [0.29, 0.717) is 34.8 Å². The van der Waals surface area contributed by atoms with E-state index < -0.39 is 28.2 Å². The van der Waals surface area contributed by atoms with E-state index >= 15 is 0 Å². The lowest BCUT2D eigenvalue weighted by Gasteiger charge is -2.42. The van der Waals surface area contributed by atoms with Crippen LogP contribution < -0.4 is 25.0 Å². The van der Waals surface area contributed by atoms with Gasteiger partial charge in [0.25, 0.3) is 0 Å². The van der Waals surface area contributed by atoms with Crippen LogP contribution in [0.1, 0.15) is 53.7 Å². The summed E-state index contributed by atoms with van der Waals surface area (Å²) < 4.78 is 30.5. The van der Waals surface area contributed by atoms with Gasteiger partial charge in [-0.05, 0) is 109 Å². The molecule has 362 valence electrons. The first kappa shape index (κ1) is 47.6. The largest absolute Gasteiger partial charge is 0.497 e. The van der Waals surface area contributed by atoms with Gasteiger partial charge in [0.2, 0.25) is 12.3 Å². The fourth-order valence-corrected chi connectivity index (χ4v) is 11.1. The number of fused-ring (bicyclic) bond motifs is 2. The molecule has 0 aromatic heterocycles. The topological polar surface area (TPSA) is 134 Å². The SMILES string of the molecule is COc1ccc(-c2c3ccc(=O)cc-3oc3cc(OCc4ccc(OCC5=C(C(=O)OC(c6ccccc6)c6ccccc6)N(C=O)C(C(C)NC(=O)Cc6ccccc6)SC56CC6)cc4)ccc23)c(C)c1. The third-order valence-electron chi connectivity index (χ3n) is 13.3. The molecule has 1 saturated carbocycles. The minimum atomic E-state index is -0.763. The first-order chi connectivity index (χ1) is 35.1. The van der Waals surface area contributed by atoms with Crippen molar-refractivity contribution in [2.75, 3.05) is 13.7 Å². The van der Waals surface area contributed by atoms with Crippen molar-refractivity contribution >= 4 is 41.0 Å². The number of hydrogen-bond acceptors (Lipinski definition) is 10. The molecular formula is C60H52N2O9S. The van der Waals surface area contributed by atoms with Gasteiger partial charge in [0, 0.05) is 39.0 Å². The number of rotatable bonds is 17. The second kappa shape index (κ2) is 20.7. The van der Waals surface area contributed by atoms with Crippen LogP contribution in [0.25, 0.3) is 33.4 Å². The zero-order chi connectivity index (χ0) is 49.8. The number of amides is 2. The van der Waals surface area contributed by atoms with Crippen LogP contribution in [0, 0.1) is 6.92 Å². The molecule has 72 heavy (non-hydrogen) atoms. The van der Waals surface area contributed by atoms with E-state index in [0.717, 1.165) is 68.5 Å². The highest BCUT2D eigenvalue weighted by Crippen LogP contribution is 2.60. The molecule has 2 atom stereocenters. The lowest BCUT2D eigenvalue weighted by Crippen LogP contribution is -2.53. The molecule has 2 heterocycles. The minimum Gasteiger partial charge on any atom is -0.497 e. The van der Waals surface area contributed by atoms with Crippen molar-refractivity contribution in [3.05, 3.63) is 219 Å². The predicted octanol–water partition coefficient (Wildman–Crippen LogP) is 11.2. The quantitative estimate of drug-likeness (QED) is 0.0534. The molecule has 6 aromatic carbocycles. The monoisotopic (exact) mass is 976 g/mol. The number of aryl methyl sites for hydroxylation is 1. The predicted molar refractivity (Wildman–Crippen MR) is 279 cm³/mol. The van der Waals surface area contributed by atoms with E-state index in [-0.39, 0.29) is 36.7 Å². The fraction of sp³-hybridized carbons (Fsp3) is 0.200. The van der Waals surface area contributed by atoms with Crippen molar-refractivity contribution < 1.29 is 37.7 Å². The van der Waals surface area contributed by atoms with E-state index in [4.69, 9.17) is 23.4 Å². The average Bonchev–Trinajstić information content (AvgIpc) is 4.18. The highest BCUT2D eigenvalue weighted by atomic mass is 32.2. The summed E-state index contributed by atoms with van der Waals surface area (Å²) in [5, 5.41) is 3.38. The van der Waals surface area contributed by atoms with Gasteiger partial charge in [0.1, 0.15) is 52.9 Å². The molecule has 2 aliphatic heterocycles. The first-order valence-corrected chi connectivity index (χ1v) is 24.8. The Morgan fingerprint density at radius 1 is 0.750 bits per heavy atom. The van der Waals surface area contributed by atoms with Gasteiger partial charge in [-0.2, -0.15) is 0 Å². The number of ether oxygens (including phenoxy) is 4. The van der Waals surface area contributed by atoms with Crippen molar-refractivity contribution in [2.24, 2.45) is 0 Å². The van der Waals surface area contributed by atoms with Crippen LogP contribution in [0.2, 0.25) is 0 Å². The molecule has 6 aromatic rings. The molecule has 2 unspecified atom stereocenters. The second-order valence-corrected chi connectivity index (χ2v) is 19.7. The number of carbonyl (C=O) groups excluding carboxylic acids is 3. The Bertz CT molecular complexity index is 3280. The summed E-state index contributed by atoms with van der Waals surface area (Å²) in [6.45, 7) is 4.15. The Kier molecular flexibility index (Phi) is 13.7. The number of hydrogen-bond donors (Lipinski definition) is 1. The molecule has 10 rings (SSSR count). The van der Waals surface area contributed by atoms with E-state index in [9.17, 15) is 19.2 Å². The number of methoxy groups -OCH3 is 1. The summed E-state index contributed by atoms with van der Waals surface area (Å²) in [4.78, 5) is 55.5. The van der Waals surface area contributed by atoms with Gasteiger partial charge in [0.15, 0.2) is 11.5 Å². The first-order valence-electron chi connectivity index (χ1n) is 23.9. The summed E-state index contributed by atoms with van der Waals surface area (Å²) in [5.41, 5.74) is 8.30. The molecule has 11 nitrogen and oxygen atoms in total. The van der Waals surface area contributed by atoms with Crippen molar-refractivity contribution in [2.45, 2.75) is 62.0 Å². The van der Waals surface area contributed by atoms with Crippen LogP contribution in [0.3, 0.4) is 0 Å². The molecule has 0 radical (unpaired) electrons. The van der Waals surface area contributed by atoms with Gasteiger partial charge in [0.05, 0.1) is 19.6 Å². The van der Waals surface area contributed by atoms with Gasteiger partial charge >= 0.3 is 5.97 Å². The zero-order valence-corrected chi connectivity index (χ0v) is 40.9. The van der Waals surface area contributed by atoms with Crippen molar-refractivity contribution in [3.63, 3.8) is 0 Å². The Morgan fingerprint density at radius 3 is 2.04 bits per heavy atom. The smallest absolute Gasteiger partial charge is 0.356 e. The van der Waals surface area contributed by atoms with Crippen molar-refractivity contribution in [3.8, 4) is 39.7 Å². The fourth-order valence-electron chi connectivity index (χ4n) is 9.46. The summed E-state index contributed by atoms with van der Waals surface area (Å²) >= 11 is 1.57. The number of nitrogens with zero attached hydrogens (tertiary/aromatic N) is 1. The molecule has 1 fully saturated rings. The summed E-state index contributed by atoms with van der Waals surface area (Å²) in [5.74, 6) is 1.52. The number of carbonyl (C=O) groups is 3. The summed E-state index contributed by atoms with van der Waals surface area (Å²) in [6, 6.07) is 52.0. The maximum Gasteiger partial charge on any atom is 0.356 e. The van der Waals surface area contributed by atoms with Crippen LogP contribution in [-0.4, -0.2) is 53.1 Å². The third kappa shape index (κ3) is 10.1. The molecule has 0 saturated heterocycles. The summed E-state index contributed by atoms with van der Waals surface area (Å²) in [7, 11) is 1.64. The van der Waals surface area contributed by atoms with Crippen LogP contribution in [0.5, 0.6) is 17.2 Å². The maximum absolute atomic E-state index is 14.9. The van der Waals surface area contributed by atoms with E-state index in [1.54, 1.807) is 31.0 Å². The molecule has 0 bridgehead atoms. The maximum atomic E-state index is 14.9. The third-order valence-corrected chi connectivity index (χ3v) is 15.2. The van der Waals surface area contributed by atoms with Crippen molar-refractivity contribution in [1.29, 1.82) is 0 Å². The number of nitrogens with one attached hydrogen (secondary N) is 1. The molecule has 2 amide bonds. The normalized spacial score (nSPS) is 15.3. The van der Waals surface area contributed by atoms with Gasteiger partial charge in [-0.15, -0.1) is 11.8 Å². The number of thioether (sulfide) groups is 1. The highest BCUT2D eigenvalue weighted by molar-refractivity contribution is 8.01. The van der Waals surface area contributed by atoms with Gasteiger partial charge in [-0.1, -0.05) is 109 Å². The van der Waals surface area contributed by atoms with Crippen LogP contribution >= 0.6 is 11.8 Å². The van der Waals surface area contributed by atoms with E-state index in [1.165, 1.54) is 11.0 Å². The molecule has 12 heteroatoms. The standard InChI is InChI=1S/C60H52N2O9S/c1-38-31-46(67-3)24-27-48(38)55-49-26-21-44(64)33-52(49)70-53-34-47(25-28-50(53)55)68-35-41-19-22-45(23-20-41)69-36-51-56(59(66)71-57(42-15-9-5-10-16-42)43-17-11-6-12-18-43)62(37-63)58(72-60(51)29-30-60)39(2)61-54(65)32-40-13-7-4-8-14-40/h4-28,31,33-34,37,39,57-58H,29-30,32,35-36H2,1-3H3,(H,61,65). The molecule has 1 N–H and O–H groups in total. The zero-order valence-electron chi connectivity index (χ0n) is 40.0. The Labute approximate surface area is 421 Å². The van der Waals surface area contributed by atoms with Gasteiger partial charge < -0.3 is 28.7 Å². The lowest BCUT2D eigenvalue weighted by molar-refractivity contribution is -0.146. The Morgan fingerprint density at radius 2 is 1.39 bits per heavy atom. The average molecular weight is 977 g/mol. The molecule has 1 spiro atoms. The van der Waals surface area contributed by atoms with Gasteiger partial charge in [-0.3, -0.25) is 19.3 Å². The lowest BCUT2D eigenvalue weighted by atomic mass is 9.91. The highest BCUT2D eigenvalue weighted by Gasteiger charge is 2.57. The molecule has 2 aliphatic carbocycles. The minimum absolute atomic E-state index is 0.0155. The van der Waals surface area contributed by atoms with Crippen LogP contribution in [-0.2, 0) is 32.1 Å². The molecule has 4 aliphatic rings. The summed E-state index contributed by atoms with van der Waals surface area (Å²) in [6.07, 6.45) is 1.57. The second-order valence-electron chi connectivity index (χ2n) is 18.2. The van der Waals surface area contributed by atoms with Crippen LogP contribution in [0.15, 0.2) is 190 Å². The van der Waals surface area contributed by atoms with Gasteiger partial charge in [-0.25, -0.2) is 4.79 Å². The number of benzene rings is 7. The molecular weight excluding hydrogens is 925 g/mol. The van der Waals surface area contributed by atoms with E-state index in [2.05, 4.69) is 5.32 Å². The Hall–Kier alpha value is -8.09. The van der Waals surface area contributed by atoms with Crippen molar-refractivity contribution in [1.82, 2.24) is 10.2 Å². The number of esters is 1. The van der Waals surface area contributed by atoms with E-state index in [1.807, 2.05) is 166 Å².